The Morgan fingerprint density at radius 1 is 1.17 bits per heavy atom. The van der Waals surface area contributed by atoms with E-state index in [-0.39, 0.29) is 0 Å². The van der Waals surface area contributed by atoms with E-state index < -0.39 is 0 Å². The van der Waals surface area contributed by atoms with Crippen LogP contribution in [-0.4, -0.2) is 28.0 Å². The molecule has 0 fully saturated rings. The van der Waals surface area contributed by atoms with Crippen LogP contribution in [0, 0.1) is 6.92 Å². The monoisotopic (exact) mass is 345 g/mol. The third-order valence-electron chi connectivity index (χ3n) is 3.49. The molecule has 3 rings (SSSR count). The number of fused-ring (bicyclic) bond motifs is 1. The molecule has 0 aliphatic rings. The Morgan fingerprint density at radius 3 is 2.65 bits per heavy atom. The summed E-state index contributed by atoms with van der Waals surface area (Å²) < 4.78 is 6.33. The van der Waals surface area contributed by atoms with Crippen molar-refractivity contribution in [3.05, 3.63) is 29.3 Å². The van der Waals surface area contributed by atoms with Gasteiger partial charge in [-0.05, 0) is 43.4 Å². The van der Waals surface area contributed by atoms with Gasteiger partial charge in [0.05, 0.1) is 16.8 Å². The Morgan fingerprint density at radius 2 is 1.96 bits per heavy atom. The summed E-state index contributed by atoms with van der Waals surface area (Å²) >= 11 is 3.43. The van der Waals surface area contributed by atoms with Gasteiger partial charge in [0.1, 0.15) is 22.0 Å². The molecule has 6 heteroatoms. The van der Waals surface area contributed by atoms with Crippen LogP contribution in [0.3, 0.4) is 0 Å². The lowest BCUT2D eigenvalue weighted by Crippen LogP contribution is -1.93. The van der Waals surface area contributed by atoms with E-state index in [9.17, 15) is 0 Å². The quantitative estimate of drug-likeness (QED) is 0.467. The van der Waals surface area contributed by atoms with E-state index in [0.717, 1.165) is 43.0 Å². The Kier molecular flexibility index (Phi) is 5.13. The van der Waals surface area contributed by atoms with Crippen LogP contribution < -0.4 is 4.74 Å². The molecule has 3 aromatic rings. The number of thiazole rings is 1. The second kappa shape index (κ2) is 7.27. The largest absolute Gasteiger partial charge is 0.497 e. The molecule has 0 saturated carbocycles. The van der Waals surface area contributed by atoms with Crippen LogP contribution >= 0.6 is 23.1 Å². The van der Waals surface area contributed by atoms with E-state index in [4.69, 9.17) is 4.74 Å². The van der Waals surface area contributed by atoms with E-state index in [0.29, 0.717) is 0 Å². The van der Waals surface area contributed by atoms with Crippen molar-refractivity contribution < 1.29 is 4.74 Å². The highest BCUT2D eigenvalue weighted by Gasteiger charge is 2.15. The van der Waals surface area contributed by atoms with Gasteiger partial charge in [-0.25, -0.2) is 4.98 Å². The maximum atomic E-state index is 5.22. The van der Waals surface area contributed by atoms with Crippen LogP contribution in [-0.2, 0) is 0 Å². The van der Waals surface area contributed by atoms with Crippen molar-refractivity contribution in [3.63, 3.8) is 0 Å². The molecule has 1 aromatic carbocycles. The van der Waals surface area contributed by atoms with Crippen molar-refractivity contribution in [2.45, 2.75) is 31.7 Å². The molecule has 0 amide bonds. The SMILES string of the molecule is CCCCSc1nnc(-c2ccc(OC)cc2)c2sc(C)nc12. The molecule has 0 spiro atoms. The minimum Gasteiger partial charge on any atom is -0.497 e. The van der Waals surface area contributed by atoms with E-state index in [1.54, 1.807) is 30.2 Å². The molecule has 23 heavy (non-hydrogen) atoms. The number of aromatic nitrogens is 3. The Balaban J connectivity index is 2.02. The van der Waals surface area contributed by atoms with Gasteiger partial charge in [-0.2, -0.15) is 0 Å². The molecule has 2 heterocycles. The van der Waals surface area contributed by atoms with Gasteiger partial charge < -0.3 is 4.74 Å². The minimum atomic E-state index is 0.838. The van der Waals surface area contributed by atoms with Crippen LogP contribution in [0.2, 0.25) is 0 Å². The smallest absolute Gasteiger partial charge is 0.146 e. The summed E-state index contributed by atoms with van der Waals surface area (Å²) in [6.07, 6.45) is 2.36. The highest BCUT2D eigenvalue weighted by Crippen LogP contribution is 2.35. The van der Waals surface area contributed by atoms with E-state index >= 15 is 0 Å². The maximum absolute atomic E-state index is 5.22. The lowest BCUT2D eigenvalue weighted by molar-refractivity contribution is 0.415. The average Bonchev–Trinajstić information content (AvgIpc) is 2.97. The molecule has 0 aliphatic carbocycles. The van der Waals surface area contributed by atoms with Gasteiger partial charge in [-0.1, -0.05) is 13.3 Å². The molecular formula is C17H19N3OS2. The van der Waals surface area contributed by atoms with Gasteiger partial charge in [0.25, 0.3) is 0 Å². The normalized spacial score (nSPS) is 11.1. The number of thioether (sulfide) groups is 1. The lowest BCUT2D eigenvalue weighted by Gasteiger charge is -2.05. The third-order valence-corrected chi connectivity index (χ3v) is 5.51. The van der Waals surface area contributed by atoms with Crippen molar-refractivity contribution in [2.24, 2.45) is 0 Å². The standard InChI is InChI=1S/C17H19N3OS2/c1-4-5-10-22-17-15-16(23-11(2)18-15)14(19-20-17)12-6-8-13(21-3)9-7-12/h6-9H,4-5,10H2,1-3H3. The van der Waals surface area contributed by atoms with Gasteiger partial charge in [0.2, 0.25) is 0 Å². The van der Waals surface area contributed by atoms with Gasteiger partial charge in [-0.3, -0.25) is 0 Å². The number of hydrogen-bond donors (Lipinski definition) is 0. The van der Waals surface area contributed by atoms with Crippen LogP contribution in [0.5, 0.6) is 5.75 Å². The number of aryl methyl sites for hydroxylation is 1. The second-order valence-corrected chi connectivity index (χ2v) is 7.48. The van der Waals surface area contributed by atoms with Crippen LogP contribution in [0.4, 0.5) is 0 Å². The average molecular weight is 345 g/mol. The Hall–Kier alpha value is -1.66. The summed E-state index contributed by atoms with van der Waals surface area (Å²) in [5.41, 5.74) is 2.92. The van der Waals surface area contributed by atoms with Crippen LogP contribution in [0.1, 0.15) is 24.8 Å². The summed E-state index contributed by atoms with van der Waals surface area (Å²) in [4.78, 5) is 4.68. The first-order valence-electron chi connectivity index (χ1n) is 7.64. The summed E-state index contributed by atoms with van der Waals surface area (Å²) in [6, 6.07) is 7.92. The van der Waals surface area contributed by atoms with Crippen molar-refractivity contribution in [1.82, 2.24) is 15.2 Å². The second-order valence-electron chi connectivity index (χ2n) is 5.19. The zero-order chi connectivity index (χ0) is 16.2. The fourth-order valence-corrected chi connectivity index (χ4v) is 4.27. The molecule has 120 valence electrons. The highest BCUT2D eigenvalue weighted by molar-refractivity contribution is 7.99. The molecule has 0 bridgehead atoms. The Bertz CT molecular complexity index is 799. The van der Waals surface area contributed by atoms with Crippen molar-refractivity contribution in [2.75, 3.05) is 12.9 Å². The number of unbranched alkanes of at least 4 members (excludes halogenated alkanes) is 1. The fourth-order valence-electron chi connectivity index (χ4n) is 2.27. The number of benzene rings is 1. The third kappa shape index (κ3) is 3.48. The first-order chi connectivity index (χ1) is 11.2. The molecule has 4 nitrogen and oxygen atoms in total. The number of hydrogen-bond acceptors (Lipinski definition) is 6. The first-order valence-corrected chi connectivity index (χ1v) is 9.44. The van der Waals surface area contributed by atoms with Crippen LogP contribution in [0.25, 0.3) is 21.5 Å². The maximum Gasteiger partial charge on any atom is 0.146 e. The Labute approximate surface area is 144 Å². The molecule has 0 aliphatic heterocycles. The molecule has 2 aromatic heterocycles. The molecule has 0 atom stereocenters. The van der Waals surface area contributed by atoms with Crippen molar-refractivity contribution in [1.29, 1.82) is 0 Å². The summed E-state index contributed by atoms with van der Waals surface area (Å²) in [7, 11) is 1.67. The van der Waals surface area contributed by atoms with Crippen molar-refractivity contribution >= 4 is 33.3 Å². The van der Waals surface area contributed by atoms with Crippen LogP contribution in [0.15, 0.2) is 29.3 Å². The van der Waals surface area contributed by atoms with E-state index in [2.05, 4.69) is 22.1 Å². The van der Waals surface area contributed by atoms with Crippen molar-refractivity contribution in [3.8, 4) is 17.0 Å². The van der Waals surface area contributed by atoms with Gasteiger partial charge in [0, 0.05) is 5.56 Å². The van der Waals surface area contributed by atoms with Gasteiger partial charge >= 0.3 is 0 Å². The number of nitrogens with zero attached hydrogens (tertiary/aromatic N) is 3. The molecule has 0 N–H and O–H groups in total. The predicted molar refractivity (Wildman–Crippen MR) is 97.6 cm³/mol. The lowest BCUT2D eigenvalue weighted by atomic mass is 10.1. The topological polar surface area (TPSA) is 47.9 Å². The minimum absolute atomic E-state index is 0.838. The van der Waals surface area contributed by atoms with E-state index in [1.165, 1.54) is 12.8 Å². The molecule has 0 radical (unpaired) electrons. The highest BCUT2D eigenvalue weighted by atomic mass is 32.2. The number of methoxy groups -OCH3 is 1. The first kappa shape index (κ1) is 16.2. The fraction of sp³-hybridized carbons (Fsp3) is 0.353. The molecular weight excluding hydrogens is 326 g/mol. The molecule has 0 saturated heterocycles. The summed E-state index contributed by atoms with van der Waals surface area (Å²) in [6.45, 7) is 4.23. The zero-order valence-electron chi connectivity index (χ0n) is 13.5. The zero-order valence-corrected chi connectivity index (χ0v) is 15.1. The summed E-state index contributed by atoms with van der Waals surface area (Å²) in [5.74, 6) is 1.89. The van der Waals surface area contributed by atoms with Gasteiger partial charge in [-0.15, -0.1) is 33.3 Å². The van der Waals surface area contributed by atoms with Gasteiger partial charge in [0.15, 0.2) is 0 Å². The predicted octanol–water partition coefficient (Wildman–Crippen LogP) is 4.96. The summed E-state index contributed by atoms with van der Waals surface area (Å²) in [5, 5.41) is 10.9. The van der Waals surface area contributed by atoms with E-state index in [1.807, 2.05) is 31.2 Å². The molecule has 0 unspecified atom stereocenters. The number of rotatable bonds is 6. The number of ether oxygens (including phenoxy) is 1.